The van der Waals surface area contributed by atoms with Gasteiger partial charge in [0, 0.05) is 24.9 Å². The lowest BCUT2D eigenvalue weighted by molar-refractivity contribution is 0.0616. The molecule has 1 amide bonds. The molecule has 0 fully saturated rings. The van der Waals surface area contributed by atoms with Crippen LogP contribution in [0.3, 0.4) is 0 Å². The third-order valence-corrected chi connectivity index (χ3v) is 3.39. The van der Waals surface area contributed by atoms with Crippen LogP contribution in [-0.2, 0) is 18.4 Å². The number of ether oxygens (including phenoxy) is 1. The van der Waals surface area contributed by atoms with Gasteiger partial charge in [-0.05, 0) is 25.5 Å². The molecule has 2 rings (SSSR count). The summed E-state index contributed by atoms with van der Waals surface area (Å²) in [6.45, 7) is 4.64. The Labute approximate surface area is 135 Å². The van der Waals surface area contributed by atoms with Gasteiger partial charge >= 0.3 is 0 Å². The van der Waals surface area contributed by atoms with Crippen molar-refractivity contribution >= 4 is 5.91 Å². The predicted molar refractivity (Wildman–Crippen MR) is 89.3 cm³/mol. The maximum Gasteiger partial charge on any atom is 0.252 e. The molecule has 5 heteroatoms. The lowest BCUT2D eigenvalue weighted by Crippen LogP contribution is -2.47. The Hall–Kier alpha value is -2.40. The van der Waals surface area contributed by atoms with E-state index in [2.05, 4.69) is 5.32 Å². The summed E-state index contributed by atoms with van der Waals surface area (Å²) in [4.78, 5) is 23.8. The quantitative estimate of drug-likeness (QED) is 0.888. The molecule has 0 saturated carbocycles. The van der Waals surface area contributed by atoms with Crippen LogP contribution in [0.4, 0.5) is 0 Å². The molecule has 0 spiro atoms. The number of pyridine rings is 1. The number of hydrogen-bond acceptors (Lipinski definition) is 3. The Kier molecular flexibility index (Phi) is 5.34. The summed E-state index contributed by atoms with van der Waals surface area (Å²) >= 11 is 0. The minimum absolute atomic E-state index is 0.212. The summed E-state index contributed by atoms with van der Waals surface area (Å²) in [7, 11) is 1.64. The maximum absolute atomic E-state index is 12.2. The Bertz CT molecular complexity index is 721. The van der Waals surface area contributed by atoms with Gasteiger partial charge in [0.2, 0.25) is 0 Å². The first-order valence-corrected chi connectivity index (χ1v) is 7.48. The van der Waals surface area contributed by atoms with E-state index in [9.17, 15) is 9.59 Å². The molecule has 1 aromatic carbocycles. The van der Waals surface area contributed by atoms with Crippen molar-refractivity contribution in [3.8, 4) is 0 Å². The molecular formula is C18H22N2O3. The zero-order valence-corrected chi connectivity index (χ0v) is 13.7. The van der Waals surface area contributed by atoms with E-state index in [0.29, 0.717) is 18.8 Å². The smallest absolute Gasteiger partial charge is 0.252 e. The van der Waals surface area contributed by atoms with Gasteiger partial charge in [0.25, 0.3) is 11.5 Å². The monoisotopic (exact) mass is 314 g/mol. The second-order valence-corrected chi connectivity index (χ2v) is 6.18. The van der Waals surface area contributed by atoms with Gasteiger partial charge < -0.3 is 14.6 Å². The van der Waals surface area contributed by atoms with Crippen LogP contribution in [-0.4, -0.2) is 22.6 Å². The number of benzene rings is 1. The Morgan fingerprint density at radius 2 is 1.91 bits per heavy atom. The highest BCUT2D eigenvalue weighted by Gasteiger charge is 2.21. The summed E-state index contributed by atoms with van der Waals surface area (Å²) < 4.78 is 7.11. The molecule has 1 heterocycles. The summed E-state index contributed by atoms with van der Waals surface area (Å²) in [5.41, 5.74) is 0.689. The van der Waals surface area contributed by atoms with Crippen LogP contribution in [0, 0.1) is 0 Å². The molecule has 1 aromatic heterocycles. The molecule has 1 N–H and O–H groups in total. The van der Waals surface area contributed by atoms with Gasteiger partial charge in [0.1, 0.15) is 0 Å². The molecule has 23 heavy (non-hydrogen) atoms. The first-order chi connectivity index (χ1) is 10.9. The largest absolute Gasteiger partial charge is 0.374 e. The number of nitrogens with one attached hydrogen (secondary N) is 1. The van der Waals surface area contributed by atoms with Crippen molar-refractivity contribution in [1.82, 2.24) is 9.88 Å². The molecule has 0 radical (unpaired) electrons. The minimum atomic E-state index is -0.535. The highest BCUT2D eigenvalue weighted by atomic mass is 16.5. The molecule has 0 aliphatic rings. The van der Waals surface area contributed by atoms with Crippen molar-refractivity contribution < 1.29 is 9.53 Å². The van der Waals surface area contributed by atoms with Crippen molar-refractivity contribution in [3.05, 3.63) is 70.1 Å². The van der Waals surface area contributed by atoms with Crippen LogP contribution >= 0.6 is 0 Å². The third kappa shape index (κ3) is 5.07. The zero-order chi connectivity index (χ0) is 16.9. The van der Waals surface area contributed by atoms with Gasteiger partial charge in [-0.2, -0.15) is 0 Å². The molecule has 0 bridgehead atoms. The number of rotatable bonds is 6. The van der Waals surface area contributed by atoms with Crippen molar-refractivity contribution in [3.63, 3.8) is 0 Å². The number of amides is 1. The average molecular weight is 314 g/mol. The number of nitrogens with zero attached hydrogens (tertiary/aromatic N) is 1. The topological polar surface area (TPSA) is 60.3 Å². The highest BCUT2D eigenvalue weighted by Crippen LogP contribution is 2.08. The fourth-order valence-corrected chi connectivity index (χ4v) is 2.10. The van der Waals surface area contributed by atoms with E-state index in [0.717, 1.165) is 5.56 Å². The van der Waals surface area contributed by atoms with Gasteiger partial charge in [-0.25, -0.2) is 0 Å². The molecule has 0 aliphatic heterocycles. The van der Waals surface area contributed by atoms with E-state index in [1.807, 2.05) is 44.2 Å². The Morgan fingerprint density at radius 3 is 2.57 bits per heavy atom. The summed E-state index contributed by atoms with van der Waals surface area (Å²) in [6, 6.07) is 12.8. The van der Waals surface area contributed by atoms with Gasteiger partial charge in [-0.15, -0.1) is 0 Å². The molecule has 0 atom stereocenters. The lowest BCUT2D eigenvalue weighted by Gasteiger charge is -2.26. The van der Waals surface area contributed by atoms with Crippen LogP contribution in [0.1, 0.15) is 29.8 Å². The molecular weight excluding hydrogens is 292 g/mol. The standard InChI is InChI=1S/C18H22N2O3/c1-18(2,13-23-12-14-7-5-4-6-8-14)19-17(22)15-9-10-20(3)16(21)11-15/h4-11H,12-13H2,1-3H3,(H,19,22). The third-order valence-electron chi connectivity index (χ3n) is 3.39. The number of aryl methyl sites for hydroxylation is 1. The van der Waals surface area contributed by atoms with Crippen LogP contribution in [0.15, 0.2) is 53.5 Å². The molecule has 5 nitrogen and oxygen atoms in total. The van der Waals surface area contributed by atoms with Crippen LogP contribution in [0.5, 0.6) is 0 Å². The maximum atomic E-state index is 12.2. The number of aromatic nitrogens is 1. The average Bonchev–Trinajstić information content (AvgIpc) is 2.50. The fourth-order valence-electron chi connectivity index (χ4n) is 2.10. The van der Waals surface area contributed by atoms with Gasteiger partial charge in [-0.1, -0.05) is 30.3 Å². The van der Waals surface area contributed by atoms with E-state index < -0.39 is 5.54 Å². The number of carbonyl (C=O) groups excluding carboxylic acids is 1. The first kappa shape index (κ1) is 17.0. The second-order valence-electron chi connectivity index (χ2n) is 6.18. The van der Waals surface area contributed by atoms with Crippen molar-refractivity contribution in [2.24, 2.45) is 7.05 Å². The molecule has 122 valence electrons. The second kappa shape index (κ2) is 7.24. The van der Waals surface area contributed by atoms with E-state index >= 15 is 0 Å². The SMILES string of the molecule is Cn1ccc(C(=O)NC(C)(C)COCc2ccccc2)cc1=O. The van der Waals surface area contributed by atoms with E-state index in [-0.39, 0.29) is 11.5 Å². The van der Waals surface area contributed by atoms with Gasteiger partial charge in [-0.3, -0.25) is 9.59 Å². The molecule has 0 aliphatic carbocycles. The highest BCUT2D eigenvalue weighted by molar-refractivity contribution is 5.94. The minimum Gasteiger partial charge on any atom is -0.374 e. The summed E-state index contributed by atoms with van der Waals surface area (Å²) in [5, 5.41) is 2.89. The van der Waals surface area contributed by atoms with Crippen molar-refractivity contribution in [2.75, 3.05) is 6.61 Å². The van der Waals surface area contributed by atoms with Crippen LogP contribution in [0.25, 0.3) is 0 Å². The van der Waals surface area contributed by atoms with E-state index in [4.69, 9.17) is 4.74 Å². The molecule has 2 aromatic rings. The van der Waals surface area contributed by atoms with E-state index in [1.54, 1.807) is 19.3 Å². The molecule has 0 unspecified atom stereocenters. The summed E-state index contributed by atoms with van der Waals surface area (Å²) in [6.07, 6.45) is 1.58. The normalized spacial score (nSPS) is 11.3. The van der Waals surface area contributed by atoms with Crippen LogP contribution < -0.4 is 10.9 Å². The fraction of sp³-hybridized carbons (Fsp3) is 0.333. The van der Waals surface area contributed by atoms with Gasteiger partial charge in [0.15, 0.2) is 0 Å². The number of carbonyl (C=O) groups is 1. The summed E-state index contributed by atoms with van der Waals surface area (Å²) in [5.74, 6) is -0.281. The predicted octanol–water partition coefficient (Wildman–Crippen LogP) is 2.11. The van der Waals surface area contributed by atoms with E-state index in [1.165, 1.54) is 10.6 Å². The first-order valence-electron chi connectivity index (χ1n) is 7.48. The molecule has 0 saturated heterocycles. The lowest BCUT2D eigenvalue weighted by atomic mass is 10.1. The van der Waals surface area contributed by atoms with Gasteiger partial charge in [0.05, 0.1) is 18.8 Å². The Morgan fingerprint density at radius 1 is 1.22 bits per heavy atom. The van der Waals surface area contributed by atoms with Crippen molar-refractivity contribution in [1.29, 1.82) is 0 Å². The van der Waals surface area contributed by atoms with Crippen LogP contribution in [0.2, 0.25) is 0 Å². The van der Waals surface area contributed by atoms with Crippen molar-refractivity contribution in [2.45, 2.75) is 26.0 Å². The Balaban J connectivity index is 1.90. The number of hydrogen-bond donors (Lipinski definition) is 1. The zero-order valence-electron chi connectivity index (χ0n) is 13.7.